The summed E-state index contributed by atoms with van der Waals surface area (Å²) in [6.07, 6.45) is 4.29. The highest BCUT2D eigenvalue weighted by molar-refractivity contribution is 7.89. The molecule has 0 heterocycles. The number of aliphatic hydroxyl groups is 1. The smallest absolute Gasteiger partial charge is 0.242 e. The Balaban J connectivity index is 2.17. The van der Waals surface area contributed by atoms with Gasteiger partial charge < -0.3 is 16.2 Å². The molecule has 1 aromatic carbocycles. The number of benzene rings is 1. The summed E-state index contributed by atoms with van der Waals surface area (Å²) in [6.45, 7) is 0.166. The minimum absolute atomic E-state index is 0.0814. The lowest BCUT2D eigenvalue weighted by atomic mass is 9.85. The van der Waals surface area contributed by atoms with Gasteiger partial charge in [-0.25, -0.2) is 13.1 Å². The Morgan fingerprint density at radius 3 is 2.67 bits per heavy atom. The number of nitrogens with one attached hydrogen (secondary N) is 2. The number of rotatable bonds is 5. The van der Waals surface area contributed by atoms with Gasteiger partial charge in [-0.05, 0) is 38.1 Å². The van der Waals surface area contributed by atoms with Gasteiger partial charge in [0.2, 0.25) is 10.0 Å². The third-order valence-electron chi connectivity index (χ3n) is 4.06. The lowest BCUT2D eigenvalue weighted by Gasteiger charge is -2.31. The van der Waals surface area contributed by atoms with Gasteiger partial charge in [0, 0.05) is 24.3 Å². The van der Waals surface area contributed by atoms with E-state index in [4.69, 9.17) is 5.73 Å². The highest BCUT2D eigenvalue weighted by Gasteiger charge is 2.24. The summed E-state index contributed by atoms with van der Waals surface area (Å²) in [4.78, 5) is 0.0814. The molecule has 21 heavy (non-hydrogen) atoms. The van der Waals surface area contributed by atoms with E-state index in [1.165, 1.54) is 13.1 Å². The molecule has 1 aliphatic rings. The molecule has 1 aromatic rings. The fraction of sp³-hybridized carbons (Fsp3) is 0.571. The number of aliphatic hydroxyl groups excluding tert-OH is 1. The van der Waals surface area contributed by atoms with Crippen LogP contribution in [0.1, 0.15) is 25.7 Å². The van der Waals surface area contributed by atoms with Crippen molar-refractivity contribution in [1.82, 2.24) is 4.72 Å². The van der Waals surface area contributed by atoms with Crippen molar-refractivity contribution in [2.24, 2.45) is 5.92 Å². The molecular formula is C14H23N3O3S. The van der Waals surface area contributed by atoms with Crippen molar-refractivity contribution in [2.45, 2.75) is 36.6 Å². The lowest BCUT2D eigenvalue weighted by molar-refractivity contribution is 0.178. The second-order valence-electron chi connectivity index (χ2n) is 5.44. The third-order valence-corrected chi connectivity index (χ3v) is 5.55. The van der Waals surface area contributed by atoms with Gasteiger partial charge in [-0.3, -0.25) is 0 Å². The van der Waals surface area contributed by atoms with Gasteiger partial charge in [0.1, 0.15) is 4.90 Å². The third kappa shape index (κ3) is 3.66. The maximum atomic E-state index is 11.8. The Hall–Kier alpha value is -1.31. The minimum Gasteiger partial charge on any atom is -0.398 e. The van der Waals surface area contributed by atoms with Crippen LogP contribution in [-0.4, -0.2) is 33.2 Å². The largest absolute Gasteiger partial charge is 0.398 e. The summed E-state index contributed by atoms with van der Waals surface area (Å²) >= 11 is 0. The van der Waals surface area contributed by atoms with Crippen molar-refractivity contribution < 1.29 is 13.5 Å². The zero-order valence-corrected chi connectivity index (χ0v) is 13.0. The monoisotopic (exact) mass is 313 g/mol. The van der Waals surface area contributed by atoms with E-state index in [0.29, 0.717) is 0 Å². The van der Waals surface area contributed by atoms with Gasteiger partial charge in [0.15, 0.2) is 0 Å². The molecule has 2 unspecified atom stereocenters. The van der Waals surface area contributed by atoms with Gasteiger partial charge in [-0.1, -0.05) is 12.8 Å². The lowest BCUT2D eigenvalue weighted by Crippen LogP contribution is -2.34. The molecule has 7 heteroatoms. The predicted molar refractivity (Wildman–Crippen MR) is 83.6 cm³/mol. The van der Waals surface area contributed by atoms with E-state index in [1.807, 2.05) is 0 Å². The molecule has 0 aromatic heterocycles. The van der Waals surface area contributed by atoms with Gasteiger partial charge >= 0.3 is 0 Å². The van der Waals surface area contributed by atoms with Crippen LogP contribution in [0.2, 0.25) is 0 Å². The van der Waals surface area contributed by atoms with Crippen molar-refractivity contribution in [1.29, 1.82) is 0 Å². The van der Waals surface area contributed by atoms with Crippen LogP contribution in [0.4, 0.5) is 11.4 Å². The van der Waals surface area contributed by atoms with Crippen LogP contribution in [0.3, 0.4) is 0 Å². The van der Waals surface area contributed by atoms with Gasteiger partial charge in [-0.15, -0.1) is 0 Å². The Morgan fingerprint density at radius 1 is 1.33 bits per heavy atom. The normalized spacial score (nSPS) is 23.0. The van der Waals surface area contributed by atoms with E-state index < -0.39 is 10.0 Å². The van der Waals surface area contributed by atoms with Gasteiger partial charge in [-0.2, -0.15) is 0 Å². The molecule has 1 fully saturated rings. The van der Waals surface area contributed by atoms with E-state index >= 15 is 0 Å². The SMILES string of the molecule is CNS(=O)(=O)c1ccc(NC2CCCCC2CO)cc1N. The van der Waals surface area contributed by atoms with Crippen molar-refractivity contribution in [2.75, 3.05) is 24.7 Å². The van der Waals surface area contributed by atoms with Crippen LogP contribution in [0.15, 0.2) is 23.1 Å². The second kappa shape index (κ2) is 6.64. The van der Waals surface area contributed by atoms with Crippen molar-refractivity contribution in [3.63, 3.8) is 0 Å². The topological polar surface area (TPSA) is 104 Å². The molecule has 0 saturated heterocycles. The number of sulfonamides is 1. The molecule has 0 radical (unpaired) electrons. The summed E-state index contributed by atoms with van der Waals surface area (Å²) in [5, 5.41) is 12.8. The highest BCUT2D eigenvalue weighted by atomic mass is 32.2. The van der Waals surface area contributed by atoms with Crippen LogP contribution in [0.25, 0.3) is 0 Å². The quantitative estimate of drug-likeness (QED) is 0.610. The average Bonchev–Trinajstić information content (AvgIpc) is 2.47. The number of anilines is 2. The Labute approximate surface area is 125 Å². The molecule has 0 bridgehead atoms. The molecule has 0 spiro atoms. The van der Waals surface area contributed by atoms with Gasteiger partial charge in [0.25, 0.3) is 0 Å². The first kappa shape index (κ1) is 16.1. The fourth-order valence-corrected chi connectivity index (χ4v) is 3.66. The fourth-order valence-electron chi connectivity index (χ4n) is 2.82. The Kier molecular flexibility index (Phi) is 5.08. The van der Waals surface area contributed by atoms with Crippen LogP contribution >= 0.6 is 0 Å². The van der Waals surface area contributed by atoms with Crippen LogP contribution < -0.4 is 15.8 Å². The van der Waals surface area contributed by atoms with E-state index in [2.05, 4.69) is 10.0 Å². The Morgan fingerprint density at radius 2 is 2.05 bits per heavy atom. The summed E-state index contributed by atoms with van der Waals surface area (Å²) < 4.78 is 25.8. The first-order valence-electron chi connectivity index (χ1n) is 7.18. The first-order chi connectivity index (χ1) is 9.97. The Bertz CT molecular complexity index is 589. The van der Waals surface area contributed by atoms with Crippen molar-refractivity contribution in [3.8, 4) is 0 Å². The number of nitrogens with two attached hydrogens (primary N) is 1. The average molecular weight is 313 g/mol. The second-order valence-corrected chi connectivity index (χ2v) is 7.29. The highest BCUT2D eigenvalue weighted by Crippen LogP contribution is 2.29. The summed E-state index contributed by atoms with van der Waals surface area (Å²) in [7, 11) is -2.18. The predicted octanol–water partition coefficient (Wildman–Crippen LogP) is 1.14. The van der Waals surface area contributed by atoms with E-state index in [-0.39, 0.29) is 29.1 Å². The van der Waals surface area contributed by atoms with Crippen LogP contribution in [-0.2, 0) is 10.0 Å². The van der Waals surface area contributed by atoms with Crippen molar-refractivity contribution >= 4 is 21.4 Å². The zero-order valence-electron chi connectivity index (χ0n) is 12.2. The number of hydrogen-bond acceptors (Lipinski definition) is 5. The maximum Gasteiger partial charge on any atom is 0.242 e. The standard InChI is InChI=1S/C14H23N3O3S/c1-16-21(19,20)14-7-6-11(8-12(14)15)17-13-5-3-2-4-10(13)9-18/h6-8,10,13,16-18H,2-5,9,15H2,1H3. The molecule has 2 atom stereocenters. The molecule has 1 saturated carbocycles. The van der Waals surface area contributed by atoms with E-state index in [1.54, 1.807) is 12.1 Å². The summed E-state index contributed by atoms with van der Waals surface area (Å²) in [5.41, 5.74) is 6.85. The van der Waals surface area contributed by atoms with Crippen LogP contribution in [0, 0.1) is 5.92 Å². The molecule has 0 aliphatic heterocycles. The maximum absolute atomic E-state index is 11.8. The molecule has 5 N–H and O–H groups in total. The zero-order chi connectivity index (χ0) is 15.5. The van der Waals surface area contributed by atoms with E-state index in [9.17, 15) is 13.5 Å². The van der Waals surface area contributed by atoms with Crippen LogP contribution in [0.5, 0.6) is 0 Å². The van der Waals surface area contributed by atoms with Gasteiger partial charge in [0.05, 0.1) is 5.69 Å². The summed E-state index contributed by atoms with van der Waals surface area (Å²) in [6, 6.07) is 5.05. The molecular weight excluding hydrogens is 290 g/mol. The molecule has 118 valence electrons. The molecule has 0 amide bonds. The molecule has 1 aliphatic carbocycles. The molecule has 2 rings (SSSR count). The minimum atomic E-state index is -3.54. The number of hydrogen-bond donors (Lipinski definition) is 4. The van der Waals surface area contributed by atoms with Crippen molar-refractivity contribution in [3.05, 3.63) is 18.2 Å². The first-order valence-corrected chi connectivity index (χ1v) is 8.66. The molecule has 6 nitrogen and oxygen atoms in total. The summed E-state index contributed by atoms with van der Waals surface area (Å²) in [5.74, 6) is 0.237. The number of nitrogen functional groups attached to an aromatic ring is 1. The van der Waals surface area contributed by atoms with E-state index in [0.717, 1.165) is 31.4 Å².